The quantitative estimate of drug-likeness (QED) is 0.928. The fourth-order valence-corrected chi connectivity index (χ4v) is 2.12. The second kappa shape index (κ2) is 5.57. The topological polar surface area (TPSA) is 75.3 Å². The van der Waals surface area contributed by atoms with Crippen molar-refractivity contribution in [1.29, 1.82) is 0 Å². The number of aromatic nitrogens is 2. The lowest BCUT2D eigenvalue weighted by Gasteiger charge is -2.38. The van der Waals surface area contributed by atoms with Crippen LogP contribution in [-0.4, -0.2) is 40.0 Å². The van der Waals surface area contributed by atoms with E-state index in [9.17, 15) is 9.59 Å². The molecule has 2 aromatic rings. The molecular formula is C14H12ClN3O3. The Kier molecular flexibility index (Phi) is 3.62. The van der Waals surface area contributed by atoms with Crippen LogP contribution in [0.1, 0.15) is 10.4 Å². The monoisotopic (exact) mass is 305 g/mol. The van der Waals surface area contributed by atoms with Crippen molar-refractivity contribution < 1.29 is 9.53 Å². The van der Waals surface area contributed by atoms with Crippen LogP contribution >= 0.6 is 11.6 Å². The second-order valence-electron chi connectivity index (χ2n) is 4.71. The van der Waals surface area contributed by atoms with Crippen LogP contribution in [-0.2, 0) is 0 Å². The van der Waals surface area contributed by atoms with Gasteiger partial charge in [-0.05, 0) is 12.1 Å². The molecule has 2 aromatic heterocycles. The lowest BCUT2D eigenvalue weighted by atomic mass is 10.1. The smallest absolute Gasteiger partial charge is 0.255 e. The minimum atomic E-state index is -0.231. The maximum absolute atomic E-state index is 12.1. The SMILES string of the molecule is O=C(c1ccc(=O)[nH]c1)N1CC(Oc2ccc(Cl)cn2)C1. The van der Waals surface area contributed by atoms with Crippen LogP contribution < -0.4 is 10.3 Å². The normalized spacial score (nSPS) is 14.6. The van der Waals surface area contributed by atoms with Crippen LogP contribution in [0.2, 0.25) is 5.02 Å². The van der Waals surface area contributed by atoms with Crippen molar-refractivity contribution in [3.05, 3.63) is 57.6 Å². The molecule has 0 saturated carbocycles. The molecule has 1 N–H and O–H groups in total. The standard InChI is InChI=1S/C14H12ClN3O3/c15-10-2-4-13(17-6-10)21-11-7-18(8-11)14(20)9-1-3-12(19)16-5-9/h1-6,11H,7-8H2,(H,16,19). The van der Waals surface area contributed by atoms with Crippen LogP contribution in [0.15, 0.2) is 41.5 Å². The average Bonchev–Trinajstić information content (AvgIpc) is 2.44. The molecule has 0 unspecified atom stereocenters. The number of rotatable bonds is 3. The molecule has 0 atom stereocenters. The largest absolute Gasteiger partial charge is 0.471 e. The summed E-state index contributed by atoms with van der Waals surface area (Å²) >= 11 is 5.74. The number of aromatic amines is 1. The van der Waals surface area contributed by atoms with E-state index < -0.39 is 0 Å². The van der Waals surface area contributed by atoms with Gasteiger partial charge in [-0.15, -0.1) is 0 Å². The first-order chi connectivity index (χ1) is 10.1. The zero-order valence-corrected chi connectivity index (χ0v) is 11.7. The van der Waals surface area contributed by atoms with Crippen LogP contribution in [0, 0.1) is 0 Å². The first kappa shape index (κ1) is 13.6. The number of halogens is 1. The van der Waals surface area contributed by atoms with Crippen LogP contribution in [0.4, 0.5) is 0 Å². The summed E-state index contributed by atoms with van der Waals surface area (Å²) in [6.07, 6.45) is 2.85. The molecule has 1 aliphatic rings. The lowest BCUT2D eigenvalue weighted by Crippen LogP contribution is -2.56. The molecule has 0 radical (unpaired) electrons. The number of ether oxygens (including phenoxy) is 1. The van der Waals surface area contributed by atoms with E-state index in [1.54, 1.807) is 17.0 Å². The fraction of sp³-hybridized carbons (Fsp3) is 0.214. The van der Waals surface area contributed by atoms with Crippen molar-refractivity contribution in [3.8, 4) is 5.88 Å². The Balaban J connectivity index is 1.55. The molecule has 0 spiro atoms. The number of hydrogen-bond donors (Lipinski definition) is 1. The van der Waals surface area contributed by atoms with Gasteiger partial charge in [-0.2, -0.15) is 0 Å². The summed E-state index contributed by atoms with van der Waals surface area (Å²) in [6.45, 7) is 0.977. The van der Waals surface area contributed by atoms with E-state index in [0.717, 1.165) is 0 Å². The minimum Gasteiger partial charge on any atom is -0.471 e. The number of pyridine rings is 2. The van der Waals surface area contributed by atoms with Gasteiger partial charge < -0.3 is 14.6 Å². The van der Waals surface area contributed by atoms with E-state index in [0.29, 0.717) is 29.6 Å². The Bertz CT molecular complexity index is 688. The van der Waals surface area contributed by atoms with Crippen LogP contribution in [0.25, 0.3) is 0 Å². The Labute approximate surface area is 125 Å². The highest BCUT2D eigenvalue weighted by atomic mass is 35.5. The third-order valence-corrected chi connectivity index (χ3v) is 3.38. The van der Waals surface area contributed by atoms with Gasteiger partial charge in [-0.25, -0.2) is 4.98 Å². The molecule has 1 fully saturated rings. The van der Waals surface area contributed by atoms with E-state index in [2.05, 4.69) is 9.97 Å². The van der Waals surface area contributed by atoms with Crippen LogP contribution in [0.3, 0.4) is 0 Å². The molecule has 1 saturated heterocycles. The van der Waals surface area contributed by atoms with E-state index in [1.165, 1.54) is 24.5 Å². The molecule has 7 heteroatoms. The van der Waals surface area contributed by atoms with E-state index in [4.69, 9.17) is 16.3 Å². The summed E-state index contributed by atoms with van der Waals surface area (Å²) in [5, 5.41) is 0.547. The molecule has 6 nitrogen and oxygen atoms in total. The molecule has 0 aliphatic carbocycles. The van der Waals surface area contributed by atoms with E-state index in [-0.39, 0.29) is 17.6 Å². The zero-order chi connectivity index (χ0) is 14.8. The molecule has 108 valence electrons. The Morgan fingerprint density at radius 3 is 2.76 bits per heavy atom. The fourth-order valence-electron chi connectivity index (χ4n) is 2.01. The van der Waals surface area contributed by atoms with Gasteiger partial charge >= 0.3 is 0 Å². The van der Waals surface area contributed by atoms with Crippen LogP contribution in [0.5, 0.6) is 5.88 Å². The van der Waals surface area contributed by atoms with Crippen molar-refractivity contribution >= 4 is 17.5 Å². The van der Waals surface area contributed by atoms with Gasteiger partial charge in [0.1, 0.15) is 6.10 Å². The van der Waals surface area contributed by atoms with Crippen molar-refractivity contribution in [3.63, 3.8) is 0 Å². The summed E-state index contributed by atoms with van der Waals surface area (Å²) < 4.78 is 5.62. The molecular weight excluding hydrogens is 294 g/mol. The maximum atomic E-state index is 12.1. The molecule has 1 amide bonds. The summed E-state index contributed by atoms with van der Waals surface area (Å²) in [5.74, 6) is 0.357. The zero-order valence-electron chi connectivity index (χ0n) is 11.0. The molecule has 3 heterocycles. The number of carbonyl (C=O) groups excluding carboxylic acids is 1. The van der Waals surface area contributed by atoms with Gasteiger partial charge in [-0.1, -0.05) is 11.6 Å². The summed E-state index contributed by atoms with van der Waals surface area (Å²) in [4.78, 5) is 31.2. The molecule has 21 heavy (non-hydrogen) atoms. The maximum Gasteiger partial charge on any atom is 0.255 e. The predicted molar refractivity (Wildman–Crippen MR) is 76.6 cm³/mol. The highest BCUT2D eigenvalue weighted by molar-refractivity contribution is 6.30. The highest BCUT2D eigenvalue weighted by Crippen LogP contribution is 2.19. The summed E-state index contributed by atoms with van der Waals surface area (Å²) in [7, 11) is 0. The number of nitrogens with zero attached hydrogens (tertiary/aromatic N) is 2. The molecule has 1 aliphatic heterocycles. The van der Waals surface area contributed by atoms with Gasteiger partial charge in [0.2, 0.25) is 11.4 Å². The number of H-pyrrole nitrogens is 1. The molecule has 3 rings (SSSR count). The Morgan fingerprint density at radius 1 is 1.33 bits per heavy atom. The third-order valence-electron chi connectivity index (χ3n) is 3.15. The molecule has 0 bridgehead atoms. The summed E-state index contributed by atoms with van der Waals surface area (Å²) in [6, 6.07) is 6.23. The Morgan fingerprint density at radius 2 is 2.14 bits per heavy atom. The van der Waals surface area contributed by atoms with E-state index >= 15 is 0 Å². The number of nitrogens with one attached hydrogen (secondary N) is 1. The average molecular weight is 306 g/mol. The molecule has 0 aromatic carbocycles. The number of amides is 1. The van der Waals surface area contributed by atoms with Crippen molar-refractivity contribution in [2.45, 2.75) is 6.10 Å². The predicted octanol–water partition coefficient (Wildman–Crippen LogP) is 1.33. The number of carbonyl (C=O) groups is 1. The second-order valence-corrected chi connectivity index (χ2v) is 5.14. The highest BCUT2D eigenvalue weighted by Gasteiger charge is 2.33. The number of likely N-dealkylation sites (tertiary alicyclic amines) is 1. The van der Waals surface area contributed by atoms with E-state index in [1.807, 2.05) is 0 Å². The first-order valence-electron chi connectivity index (χ1n) is 6.38. The lowest BCUT2D eigenvalue weighted by molar-refractivity contribution is 0.0160. The van der Waals surface area contributed by atoms with Crippen molar-refractivity contribution in [2.75, 3.05) is 13.1 Å². The summed E-state index contributed by atoms with van der Waals surface area (Å²) in [5.41, 5.74) is 0.225. The van der Waals surface area contributed by atoms with Gasteiger partial charge in [-0.3, -0.25) is 9.59 Å². The first-order valence-corrected chi connectivity index (χ1v) is 6.76. The van der Waals surface area contributed by atoms with Gasteiger partial charge in [0.05, 0.1) is 23.7 Å². The van der Waals surface area contributed by atoms with Gasteiger partial charge in [0.25, 0.3) is 5.91 Å². The Hall–Kier alpha value is -2.34. The minimum absolute atomic E-state index is 0.0783. The van der Waals surface area contributed by atoms with Gasteiger partial charge in [0, 0.05) is 24.5 Å². The number of hydrogen-bond acceptors (Lipinski definition) is 4. The van der Waals surface area contributed by atoms with Crippen molar-refractivity contribution in [2.24, 2.45) is 0 Å². The third kappa shape index (κ3) is 3.05. The van der Waals surface area contributed by atoms with Gasteiger partial charge in [0.15, 0.2) is 0 Å². The van der Waals surface area contributed by atoms with Crippen molar-refractivity contribution in [1.82, 2.24) is 14.9 Å².